The molecule has 1 aliphatic rings. The largest absolute Gasteiger partial charge is 0.478 e. The average Bonchev–Trinajstić information content (AvgIpc) is 2.55. The zero-order chi connectivity index (χ0) is 16.8. The second-order valence-electron chi connectivity index (χ2n) is 5.83. The quantitative estimate of drug-likeness (QED) is 0.411. The molecule has 1 atom stereocenters. The summed E-state index contributed by atoms with van der Waals surface area (Å²) in [5.41, 5.74) is 0.496. The standard InChI is InChI=1S/C17H24N2O4/c1-3-5-6-7-8-11-18-14-12-13(19(21)22)9-10-16(14)23-15(4-2)17(18)20/h9-10,12,15H,3-8,11H2,1-2H3. The third-order valence-corrected chi connectivity index (χ3v) is 4.11. The highest BCUT2D eigenvalue weighted by molar-refractivity contribution is 6.00. The number of fused-ring (bicyclic) bond motifs is 1. The number of benzene rings is 1. The van der Waals surface area contributed by atoms with Crippen LogP contribution >= 0.6 is 0 Å². The van der Waals surface area contributed by atoms with Crippen molar-refractivity contribution in [1.82, 2.24) is 0 Å². The zero-order valence-corrected chi connectivity index (χ0v) is 13.8. The summed E-state index contributed by atoms with van der Waals surface area (Å²) in [6, 6.07) is 4.44. The van der Waals surface area contributed by atoms with E-state index in [1.807, 2.05) is 6.92 Å². The van der Waals surface area contributed by atoms with E-state index in [2.05, 4.69) is 6.92 Å². The molecule has 0 saturated carbocycles. The van der Waals surface area contributed by atoms with Crippen molar-refractivity contribution in [3.63, 3.8) is 0 Å². The number of anilines is 1. The third kappa shape index (κ3) is 4.00. The fourth-order valence-electron chi connectivity index (χ4n) is 2.79. The Morgan fingerprint density at radius 1 is 1.22 bits per heavy atom. The Morgan fingerprint density at radius 2 is 1.96 bits per heavy atom. The van der Waals surface area contributed by atoms with Gasteiger partial charge in [0, 0.05) is 18.7 Å². The number of carbonyl (C=O) groups excluding carboxylic acids is 1. The summed E-state index contributed by atoms with van der Waals surface area (Å²) in [5.74, 6) is 0.451. The first-order chi connectivity index (χ1) is 11.1. The molecule has 1 amide bonds. The second-order valence-corrected chi connectivity index (χ2v) is 5.83. The molecular weight excluding hydrogens is 296 g/mol. The van der Waals surface area contributed by atoms with E-state index in [0.29, 0.717) is 24.4 Å². The van der Waals surface area contributed by atoms with Crippen LogP contribution in [0.5, 0.6) is 5.75 Å². The van der Waals surface area contributed by atoms with Gasteiger partial charge < -0.3 is 9.64 Å². The lowest BCUT2D eigenvalue weighted by atomic mass is 10.1. The molecule has 23 heavy (non-hydrogen) atoms. The number of hydrogen-bond donors (Lipinski definition) is 0. The molecule has 1 aliphatic heterocycles. The van der Waals surface area contributed by atoms with Gasteiger partial charge >= 0.3 is 0 Å². The van der Waals surface area contributed by atoms with Crippen LogP contribution < -0.4 is 9.64 Å². The highest BCUT2D eigenvalue weighted by atomic mass is 16.6. The number of nitrogens with zero attached hydrogens (tertiary/aromatic N) is 2. The minimum atomic E-state index is -0.500. The summed E-state index contributed by atoms with van der Waals surface area (Å²) in [7, 11) is 0. The van der Waals surface area contributed by atoms with Crippen molar-refractivity contribution < 1.29 is 14.5 Å². The second kappa shape index (κ2) is 7.94. The number of hydrogen-bond acceptors (Lipinski definition) is 4. The van der Waals surface area contributed by atoms with E-state index in [1.165, 1.54) is 25.0 Å². The number of non-ortho nitro benzene ring substituents is 1. The Bertz CT molecular complexity index is 574. The Morgan fingerprint density at radius 3 is 2.61 bits per heavy atom. The van der Waals surface area contributed by atoms with E-state index < -0.39 is 11.0 Å². The van der Waals surface area contributed by atoms with Crippen LogP contribution in [-0.4, -0.2) is 23.5 Å². The van der Waals surface area contributed by atoms with Crippen LogP contribution in [0.25, 0.3) is 0 Å². The lowest BCUT2D eigenvalue weighted by Gasteiger charge is -2.34. The molecule has 0 bridgehead atoms. The van der Waals surface area contributed by atoms with Crippen LogP contribution in [0.15, 0.2) is 18.2 Å². The number of carbonyl (C=O) groups is 1. The van der Waals surface area contributed by atoms with Crippen LogP contribution in [0.2, 0.25) is 0 Å². The fraction of sp³-hybridized carbons (Fsp3) is 0.588. The van der Waals surface area contributed by atoms with Crippen molar-refractivity contribution in [2.45, 2.75) is 58.5 Å². The molecule has 0 fully saturated rings. The van der Waals surface area contributed by atoms with Gasteiger partial charge in [-0.1, -0.05) is 39.5 Å². The number of ether oxygens (including phenoxy) is 1. The Balaban J connectivity index is 2.19. The van der Waals surface area contributed by atoms with E-state index in [1.54, 1.807) is 11.0 Å². The van der Waals surface area contributed by atoms with Crippen LogP contribution in [-0.2, 0) is 4.79 Å². The van der Waals surface area contributed by atoms with Crippen molar-refractivity contribution in [3.8, 4) is 5.75 Å². The van der Waals surface area contributed by atoms with Gasteiger partial charge in [0.25, 0.3) is 11.6 Å². The van der Waals surface area contributed by atoms with Gasteiger partial charge in [0.2, 0.25) is 0 Å². The molecule has 0 aliphatic carbocycles. The van der Waals surface area contributed by atoms with Crippen molar-refractivity contribution in [1.29, 1.82) is 0 Å². The molecule has 126 valence electrons. The molecule has 1 heterocycles. The molecule has 2 rings (SSSR count). The maximum Gasteiger partial charge on any atom is 0.271 e. The van der Waals surface area contributed by atoms with Gasteiger partial charge in [-0.25, -0.2) is 0 Å². The molecule has 0 N–H and O–H groups in total. The summed E-state index contributed by atoms with van der Waals surface area (Å²) in [5, 5.41) is 11.0. The minimum absolute atomic E-state index is 0.0221. The van der Waals surface area contributed by atoms with Gasteiger partial charge in [-0.15, -0.1) is 0 Å². The summed E-state index contributed by atoms with van der Waals surface area (Å²) in [4.78, 5) is 24.8. The maximum atomic E-state index is 12.6. The normalized spacial score (nSPS) is 16.9. The lowest BCUT2D eigenvalue weighted by Crippen LogP contribution is -2.46. The van der Waals surface area contributed by atoms with Crippen molar-refractivity contribution in [3.05, 3.63) is 28.3 Å². The maximum absolute atomic E-state index is 12.6. The zero-order valence-electron chi connectivity index (χ0n) is 13.8. The van der Waals surface area contributed by atoms with Crippen molar-refractivity contribution in [2.24, 2.45) is 0 Å². The summed E-state index contributed by atoms with van der Waals surface area (Å²) < 4.78 is 5.69. The predicted octanol–water partition coefficient (Wildman–Crippen LogP) is 4.07. The molecule has 6 nitrogen and oxygen atoms in total. The molecule has 1 aromatic carbocycles. The third-order valence-electron chi connectivity index (χ3n) is 4.11. The Labute approximate surface area is 136 Å². The summed E-state index contributed by atoms with van der Waals surface area (Å²) in [6.07, 6.45) is 5.54. The van der Waals surface area contributed by atoms with Gasteiger partial charge in [-0.05, 0) is 18.9 Å². The van der Waals surface area contributed by atoms with Crippen LogP contribution in [0.1, 0.15) is 52.4 Å². The van der Waals surface area contributed by atoms with E-state index in [0.717, 1.165) is 19.3 Å². The molecule has 0 aromatic heterocycles. The van der Waals surface area contributed by atoms with Gasteiger partial charge in [0.1, 0.15) is 5.75 Å². The van der Waals surface area contributed by atoms with E-state index in [-0.39, 0.29) is 11.6 Å². The van der Waals surface area contributed by atoms with Crippen molar-refractivity contribution >= 4 is 17.3 Å². The lowest BCUT2D eigenvalue weighted by molar-refractivity contribution is -0.384. The molecule has 1 unspecified atom stereocenters. The number of nitro groups is 1. The predicted molar refractivity (Wildman–Crippen MR) is 88.9 cm³/mol. The number of nitro benzene ring substituents is 1. The summed E-state index contributed by atoms with van der Waals surface area (Å²) in [6.45, 7) is 4.64. The van der Waals surface area contributed by atoms with Gasteiger partial charge in [0.15, 0.2) is 6.10 Å². The fourth-order valence-corrected chi connectivity index (χ4v) is 2.79. The molecular formula is C17H24N2O4. The minimum Gasteiger partial charge on any atom is -0.478 e. The van der Waals surface area contributed by atoms with E-state index >= 15 is 0 Å². The Kier molecular flexibility index (Phi) is 5.96. The first-order valence-electron chi connectivity index (χ1n) is 8.35. The number of amides is 1. The Hall–Kier alpha value is -2.11. The molecule has 6 heteroatoms. The monoisotopic (exact) mass is 320 g/mol. The first kappa shape index (κ1) is 17.2. The van der Waals surface area contributed by atoms with Crippen LogP contribution in [0, 0.1) is 10.1 Å². The SMILES string of the molecule is CCCCCCCN1C(=O)C(CC)Oc2ccc([N+](=O)[O-])cc21. The molecule has 0 spiro atoms. The first-order valence-corrected chi connectivity index (χ1v) is 8.35. The van der Waals surface area contributed by atoms with Crippen molar-refractivity contribution in [2.75, 3.05) is 11.4 Å². The molecule has 1 aromatic rings. The molecule has 0 radical (unpaired) electrons. The van der Waals surface area contributed by atoms with Crippen LogP contribution in [0.3, 0.4) is 0 Å². The van der Waals surface area contributed by atoms with Gasteiger partial charge in [-0.2, -0.15) is 0 Å². The number of rotatable bonds is 8. The highest BCUT2D eigenvalue weighted by Gasteiger charge is 2.34. The van der Waals surface area contributed by atoms with Gasteiger partial charge in [-0.3, -0.25) is 14.9 Å². The topological polar surface area (TPSA) is 72.7 Å². The smallest absolute Gasteiger partial charge is 0.271 e. The van der Waals surface area contributed by atoms with E-state index in [9.17, 15) is 14.9 Å². The average molecular weight is 320 g/mol. The van der Waals surface area contributed by atoms with Crippen LogP contribution in [0.4, 0.5) is 11.4 Å². The number of unbranched alkanes of at least 4 members (excludes halogenated alkanes) is 4. The van der Waals surface area contributed by atoms with E-state index in [4.69, 9.17) is 4.74 Å². The molecule has 0 saturated heterocycles. The van der Waals surface area contributed by atoms with Gasteiger partial charge in [0.05, 0.1) is 10.6 Å². The summed E-state index contributed by atoms with van der Waals surface area (Å²) >= 11 is 0. The highest BCUT2D eigenvalue weighted by Crippen LogP contribution is 2.37.